The second-order valence-corrected chi connectivity index (χ2v) is 4.35. The SMILES string of the molecule is CCc1cc(CC)c(N(CC)C(=O)O)c(CC)c1. The molecule has 0 radical (unpaired) electrons. The van der Waals surface area contributed by atoms with Gasteiger partial charge in [0.05, 0.1) is 5.69 Å². The summed E-state index contributed by atoms with van der Waals surface area (Å²) in [6.07, 6.45) is 1.84. The van der Waals surface area contributed by atoms with Crippen LogP contribution in [0.3, 0.4) is 0 Å². The zero-order valence-corrected chi connectivity index (χ0v) is 11.8. The lowest BCUT2D eigenvalue weighted by Gasteiger charge is -2.24. The van der Waals surface area contributed by atoms with Crippen LogP contribution in [0.4, 0.5) is 10.5 Å². The molecule has 0 aliphatic heterocycles. The molecule has 1 amide bonds. The fourth-order valence-corrected chi connectivity index (χ4v) is 2.31. The molecular formula is C15H23NO2. The van der Waals surface area contributed by atoms with E-state index in [1.54, 1.807) is 0 Å². The molecule has 0 saturated heterocycles. The van der Waals surface area contributed by atoms with Crippen LogP contribution < -0.4 is 4.90 Å². The van der Waals surface area contributed by atoms with Gasteiger partial charge in [0.25, 0.3) is 0 Å². The van der Waals surface area contributed by atoms with Crippen molar-refractivity contribution in [3.05, 3.63) is 28.8 Å². The Bertz CT molecular complexity index is 401. The number of nitrogens with zero attached hydrogens (tertiary/aromatic N) is 1. The first-order chi connectivity index (χ1) is 8.58. The van der Waals surface area contributed by atoms with Crippen LogP contribution >= 0.6 is 0 Å². The molecule has 0 aromatic heterocycles. The monoisotopic (exact) mass is 249 g/mol. The molecule has 0 unspecified atom stereocenters. The van der Waals surface area contributed by atoms with E-state index < -0.39 is 6.09 Å². The van der Waals surface area contributed by atoms with Crippen molar-refractivity contribution in [1.29, 1.82) is 0 Å². The van der Waals surface area contributed by atoms with Crippen molar-refractivity contribution in [3.63, 3.8) is 0 Å². The summed E-state index contributed by atoms with van der Waals surface area (Å²) >= 11 is 0. The van der Waals surface area contributed by atoms with Crippen LogP contribution in [0, 0.1) is 0 Å². The Morgan fingerprint density at radius 3 is 1.83 bits per heavy atom. The van der Waals surface area contributed by atoms with E-state index in [0.717, 1.165) is 36.1 Å². The highest BCUT2D eigenvalue weighted by Gasteiger charge is 2.19. The Kier molecular flexibility index (Phi) is 5.20. The van der Waals surface area contributed by atoms with Crippen LogP contribution in [0.2, 0.25) is 0 Å². The highest BCUT2D eigenvalue weighted by molar-refractivity contribution is 5.88. The molecule has 100 valence electrons. The van der Waals surface area contributed by atoms with Crippen molar-refractivity contribution >= 4 is 11.8 Å². The van der Waals surface area contributed by atoms with E-state index in [0.29, 0.717) is 6.54 Å². The lowest BCUT2D eigenvalue weighted by molar-refractivity contribution is 0.202. The van der Waals surface area contributed by atoms with Gasteiger partial charge in [-0.2, -0.15) is 0 Å². The summed E-state index contributed by atoms with van der Waals surface area (Å²) in [6.45, 7) is 8.64. The molecule has 3 heteroatoms. The molecular weight excluding hydrogens is 226 g/mol. The first kappa shape index (κ1) is 14.6. The third kappa shape index (κ3) is 2.84. The molecule has 1 rings (SSSR count). The van der Waals surface area contributed by atoms with Gasteiger partial charge in [-0.05, 0) is 42.9 Å². The molecule has 0 heterocycles. The van der Waals surface area contributed by atoms with E-state index in [1.165, 1.54) is 10.5 Å². The van der Waals surface area contributed by atoms with Crippen molar-refractivity contribution < 1.29 is 9.90 Å². The minimum atomic E-state index is -0.869. The van der Waals surface area contributed by atoms with Crippen LogP contribution in [0.15, 0.2) is 12.1 Å². The van der Waals surface area contributed by atoms with E-state index in [1.807, 2.05) is 6.92 Å². The maximum Gasteiger partial charge on any atom is 0.411 e. The quantitative estimate of drug-likeness (QED) is 0.860. The number of carboxylic acid groups (broad SMARTS) is 1. The van der Waals surface area contributed by atoms with Gasteiger partial charge in [-0.25, -0.2) is 4.79 Å². The predicted octanol–water partition coefficient (Wildman–Crippen LogP) is 3.88. The van der Waals surface area contributed by atoms with Gasteiger partial charge < -0.3 is 5.11 Å². The number of benzene rings is 1. The molecule has 1 aromatic rings. The molecule has 0 aliphatic rings. The van der Waals surface area contributed by atoms with Gasteiger partial charge >= 0.3 is 6.09 Å². The second-order valence-electron chi connectivity index (χ2n) is 4.35. The van der Waals surface area contributed by atoms with E-state index in [9.17, 15) is 9.90 Å². The van der Waals surface area contributed by atoms with Crippen LogP contribution in [0.5, 0.6) is 0 Å². The smallest absolute Gasteiger partial charge is 0.411 e. The fourth-order valence-electron chi connectivity index (χ4n) is 2.31. The van der Waals surface area contributed by atoms with Gasteiger partial charge in [0.2, 0.25) is 0 Å². The zero-order valence-electron chi connectivity index (χ0n) is 11.8. The number of aryl methyl sites for hydroxylation is 3. The first-order valence-electron chi connectivity index (χ1n) is 6.73. The Morgan fingerprint density at radius 2 is 1.56 bits per heavy atom. The molecule has 1 N–H and O–H groups in total. The van der Waals surface area contributed by atoms with Gasteiger partial charge in [-0.3, -0.25) is 4.90 Å². The van der Waals surface area contributed by atoms with E-state index in [2.05, 4.69) is 32.9 Å². The number of amides is 1. The highest BCUT2D eigenvalue weighted by atomic mass is 16.4. The van der Waals surface area contributed by atoms with Gasteiger partial charge in [0.1, 0.15) is 0 Å². The predicted molar refractivity (Wildman–Crippen MR) is 75.6 cm³/mol. The summed E-state index contributed by atoms with van der Waals surface area (Å²) in [5.74, 6) is 0. The Labute approximate surface area is 109 Å². The number of hydrogen-bond acceptors (Lipinski definition) is 1. The maximum absolute atomic E-state index is 11.3. The van der Waals surface area contributed by atoms with Crippen LogP contribution in [-0.4, -0.2) is 17.7 Å². The fraction of sp³-hybridized carbons (Fsp3) is 0.533. The van der Waals surface area contributed by atoms with Gasteiger partial charge in [0, 0.05) is 6.54 Å². The minimum absolute atomic E-state index is 0.487. The lowest BCUT2D eigenvalue weighted by atomic mass is 9.97. The van der Waals surface area contributed by atoms with Crippen molar-refractivity contribution in [2.75, 3.05) is 11.4 Å². The maximum atomic E-state index is 11.3. The summed E-state index contributed by atoms with van der Waals surface area (Å²) in [5.41, 5.74) is 4.45. The van der Waals surface area contributed by atoms with Crippen LogP contribution in [-0.2, 0) is 19.3 Å². The van der Waals surface area contributed by atoms with Crippen LogP contribution in [0.25, 0.3) is 0 Å². The molecule has 0 atom stereocenters. The number of anilines is 1. The van der Waals surface area contributed by atoms with Crippen molar-refractivity contribution in [2.24, 2.45) is 0 Å². The Balaban J connectivity index is 3.43. The van der Waals surface area contributed by atoms with Crippen LogP contribution in [0.1, 0.15) is 44.4 Å². The van der Waals surface area contributed by atoms with E-state index >= 15 is 0 Å². The molecule has 1 aromatic carbocycles. The number of carbonyl (C=O) groups is 1. The van der Waals surface area contributed by atoms with Gasteiger partial charge in [-0.15, -0.1) is 0 Å². The largest absolute Gasteiger partial charge is 0.465 e. The molecule has 0 fully saturated rings. The lowest BCUT2D eigenvalue weighted by Crippen LogP contribution is -2.30. The average molecular weight is 249 g/mol. The van der Waals surface area contributed by atoms with Crippen molar-refractivity contribution in [3.8, 4) is 0 Å². The first-order valence-corrected chi connectivity index (χ1v) is 6.73. The highest BCUT2D eigenvalue weighted by Crippen LogP contribution is 2.29. The van der Waals surface area contributed by atoms with E-state index in [-0.39, 0.29) is 0 Å². The molecule has 0 bridgehead atoms. The average Bonchev–Trinajstić information content (AvgIpc) is 2.38. The summed E-state index contributed by atoms with van der Waals surface area (Å²) in [5, 5.41) is 9.32. The second kappa shape index (κ2) is 6.43. The topological polar surface area (TPSA) is 40.5 Å². The van der Waals surface area contributed by atoms with Crippen molar-refractivity contribution in [1.82, 2.24) is 0 Å². The zero-order chi connectivity index (χ0) is 13.7. The van der Waals surface area contributed by atoms with E-state index in [4.69, 9.17) is 0 Å². The summed E-state index contributed by atoms with van der Waals surface area (Å²) in [7, 11) is 0. The standard InChI is InChI=1S/C15H23NO2/c1-5-11-9-12(6-2)14(13(7-3)10-11)16(8-4)15(17)18/h9-10H,5-8H2,1-4H3,(H,17,18). The third-order valence-electron chi connectivity index (χ3n) is 3.31. The number of rotatable bonds is 5. The van der Waals surface area contributed by atoms with Crippen molar-refractivity contribution in [2.45, 2.75) is 47.0 Å². The molecule has 0 spiro atoms. The number of hydrogen-bond donors (Lipinski definition) is 1. The van der Waals surface area contributed by atoms with Gasteiger partial charge in [-0.1, -0.05) is 32.9 Å². The third-order valence-corrected chi connectivity index (χ3v) is 3.31. The summed E-state index contributed by atoms with van der Waals surface area (Å²) in [4.78, 5) is 12.8. The summed E-state index contributed by atoms with van der Waals surface area (Å²) in [6, 6.07) is 4.28. The van der Waals surface area contributed by atoms with Gasteiger partial charge in [0.15, 0.2) is 0 Å². The molecule has 3 nitrogen and oxygen atoms in total. The molecule has 18 heavy (non-hydrogen) atoms. The molecule has 0 aliphatic carbocycles. The Morgan fingerprint density at radius 1 is 1.06 bits per heavy atom. The Hall–Kier alpha value is -1.51. The minimum Gasteiger partial charge on any atom is -0.465 e. The summed E-state index contributed by atoms with van der Waals surface area (Å²) < 4.78 is 0. The normalized spacial score (nSPS) is 10.4. The molecule has 0 saturated carbocycles.